The highest BCUT2D eigenvalue weighted by Gasteiger charge is 2.47. The van der Waals surface area contributed by atoms with Crippen molar-refractivity contribution in [1.82, 2.24) is 19.4 Å². The number of anilines is 1. The van der Waals surface area contributed by atoms with E-state index in [0.29, 0.717) is 37.3 Å². The third kappa shape index (κ3) is 3.34. The molecule has 1 saturated heterocycles. The maximum atomic E-state index is 14.0. The van der Waals surface area contributed by atoms with Crippen molar-refractivity contribution >= 4 is 5.69 Å². The van der Waals surface area contributed by atoms with Gasteiger partial charge in [0, 0.05) is 31.4 Å². The van der Waals surface area contributed by atoms with E-state index in [9.17, 15) is 22.0 Å². The molecule has 0 atom stereocenters. The molecule has 3 aromatic rings. The molecule has 1 aromatic carbocycles. The summed E-state index contributed by atoms with van der Waals surface area (Å²) in [6.07, 6.45) is -0.975. The van der Waals surface area contributed by atoms with Crippen LogP contribution in [0.3, 0.4) is 0 Å². The Bertz CT molecular complexity index is 1130. The molecule has 2 aliphatic rings. The number of nitrogens with zero attached hydrogens (tertiary/aromatic N) is 4. The Balaban J connectivity index is 1.46. The van der Waals surface area contributed by atoms with Crippen LogP contribution < -0.4 is 5.32 Å². The molecule has 2 aliphatic heterocycles. The summed E-state index contributed by atoms with van der Waals surface area (Å²) in [6, 6.07) is 6.70. The number of piperidine rings is 1. The standard InChI is InChI=1S/C21H18F5N5/c22-14-3-4-15(23)13(10-14)12-30-8-5-20(6-9-30)17-11-28-19(21(24,25)26)31(17)18-16(29-20)2-1-7-27-18/h1-4,7,10-11,29H,5-6,8-9,12H2. The molecule has 0 aliphatic carbocycles. The lowest BCUT2D eigenvalue weighted by Gasteiger charge is -2.45. The monoisotopic (exact) mass is 435 g/mol. The molecule has 5 rings (SSSR count). The lowest BCUT2D eigenvalue weighted by molar-refractivity contribution is -0.146. The molecule has 10 heteroatoms. The number of imidazole rings is 1. The fraction of sp³-hybridized carbons (Fsp3) is 0.333. The summed E-state index contributed by atoms with van der Waals surface area (Å²) < 4.78 is 69.5. The molecule has 162 valence electrons. The van der Waals surface area contributed by atoms with Crippen LogP contribution >= 0.6 is 0 Å². The number of fused-ring (bicyclic) bond motifs is 4. The van der Waals surface area contributed by atoms with Crippen molar-refractivity contribution in [3.8, 4) is 5.82 Å². The molecule has 0 bridgehead atoms. The van der Waals surface area contributed by atoms with Crippen LogP contribution in [0.2, 0.25) is 0 Å². The quantitative estimate of drug-likeness (QED) is 0.603. The van der Waals surface area contributed by atoms with Crippen molar-refractivity contribution in [2.24, 2.45) is 0 Å². The number of halogens is 5. The number of rotatable bonds is 2. The van der Waals surface area contributed by atoms with Crippen LogP contribution in [0, 0.1) is 11.6 Å². The minimum atomic E-state index is -4.62. The second kappa shape index (κ2) is 7.01. The van der Waals surface area contributed by atoms with E-state index in [4.69, 9.17) is 0 Å². The van der Waals surface area contributed by atoms with E-state index in [1.807, 2.05) is 4.90 Å². The maximum absolute atomic E-state index is 14.0. The molecule has 4 heterocycles. The minimum Gasteiger partial charge on any atom is -0.371 e. The van der Waals surface area contributed by atoms with E-state index in [-0.39, 0.29) is 17.9 Å². The highest BCUT2D eigenvalue weighted by atomic mass is 19.4. The molecule has 0 radical (unpaired) electrons. The van der Waals surface area contributed by atoms with Gasteiger partial charge in [0.15, 0.2) is 5.82 Å². The van der Waals surface area contributed by atoms with Crippen LogP contribution in [0.4, 0.5) is 27.6 Å². The van der Waals surface area contributed by atoms with Gasteiger partial charge in [-0.15, -0.1) is 0 Å². The van der Waals surface area contributed by atoms with Gasteiger partial charge in [-0.3, -0.25) is 9.47 Å². The first-order chi connectivity index (χ1) is 14.8. The van der Waals surface area contributed by atoms with E-state index in [0.717, 1.165) is 16.7 Å². The summed E-state index contributed by atoms with van der Waals surface area (Å²) in [5.41, 5.74) is 0.404. The first-order valence-electron chi connectivity index (χ1n) is 9.82. The molecular formula is C21H18F5N5. The van der Waals surface area contributed by atoms with Gasteiger partial charge >= 0.3 is 6.18 Å². The van der Waals surface area contributed by atoms with Gasteiger partial charge < -0.3 is 5.32 Å². The molecule has 31 heavy (non-hydrogen) atoms. The Morgan fingerprint density at radius 1 is 1.06 bits per heavy atom. The summed E-state index contributed by atoms with van der Waals surface area (Å²) in [6.45, 7) is 1.21. The van der Waals surface area contributed by atoms with Crippen LogP contribution in [0.15, 0.2) is 42.7 Å². The van der Waals surface area contributed by atoms with Crippen molar-refractivity contribution in [2.45, 2.75) is 31.1 Å². The van der Waals surface area contributed by atoms with Gasteiger partial charge in [0.2, 0.25) is 5.82 Å². The Labute approximate surface area is 174 Å². The van der Waals surface area contributed by atoms with Crippen LogP contribution in [0.25, 0.3) is 5.82 Å². The highest BCUT2D eigenvalue weighted by Crippen LogP contribution is 2.45. The molecule has 1 spiro atoms. The number of alkyl halides is 3. The predicted octanol–water partition coefficient (Wildman–Crippen LogP) is 4.48. The van der Waals surface area contributed by atoms with Gasteiger partial charge in [-0.1, -0.05) is 0 Å². The number of aromatic nitrogens is 3. The smallest absolute Gasteiger partial charge is 0.371 e. The topological polar surface area (TPSA) is 46.0 Å². The first-order valence-corrected chi connectivity index (χ1v) is 9.82. The third-order valence-corrected chi connectivity index (χ3v) is 5.99. The van der Waals surface area contributed by atoms with Crippen molar-refractivity contribution < 1.29 is 22.0 Å². The minimum absolute atomic E-state index is 0.164. The van der Waals surface area contributed by atoms with Crippen LogP contribution in [0.1, 0.15) is 29.9 Å². The maximum Gasteiger partial charge on any atom is 0.450 e. The molecule has 2 aromatic heterocycles. The Morgan fingerprint density at radius 2 is 1.84 bits per heavy atom. The Morgan fingerprint density at radius 3 is 2.58 bits per heavy atom. The number of hydrogen-bond donors (Lipinski definition) is 1. The number of nitrogens with one attached hydrogen (secondary N) is 1. The fourth-order valence-electron chi connectivity index (χ4n) is 4.48. The van der Waals surface area contributed by atoms with Crippen LogP contribution in [-0.2, 0) is 18.3 Å². The van der Waals surface area contributed by atoms with E-state index >= 15 is 0 Å². The van der Waals surface area contributed by atoms with Crippen LogP contribution in [0.5, 0.6) is 0 Å². The largest absolute Gasteiger partial charge is 0.450 e. The zero-order valence-corrected chi connectivity index (χ0v) is 16.3. The highest BCUT2D eigenvalue weighted by molar-refractivity contribution is 5.63. The first kappa shape index (κ1) is 19.9. The zero-order valence-electron chi connectivity index (χ0n) is 16.3. The Hall–Kier alpha value is -3.01. The third-order valence-electron chi connectivity index (χ3n) is 5.99. The normalized spacial score (nSPS) is 17.8. The van der Waals surface area contributed by atoms with Gasteiger partial charge in [0.25, 0.3) is 0 Å². The number of hydrogen-bond acceptors (Lipinski definition) is 4. The number of pyridine rings is 1. The van der Waals surface area contributed by atoms with Gasteiger partial charge in [0.1, 0.15) is 11.6 Å². The van der Waals surface area contributed by atoms with E-state index in [2.05, 4.69) is 15.3 Å². The van der Waals surface area contributed by atoms with Crippen molar-refractivity contribution in [1.29, 1.82) is 0 Å². The summed E-state index contributed by atoms with van der Waals surface area (Å²) in [5.74, 6) is -1.83. The van der Waals surface area contributed by atoms with E-state index < -0.39 is 29.2 Å². The van der Waals surface area contributed by atoms with Crippen molar-refractivity contribution in [2.75, 3.05) is 18.4 Å². The fourth-order valence-corrected chi connectivity index (χ4v) is 4.48. The lowest BCUT2D eigenvalue weighted by Crippen LogP contribution is -2.49. The summed E-state index contributed by atoms with van der Waals surface area (Å²) in [4.78, 5) is 9.79. The molecule has 5 nitrogen and oxygen atoms in total. The molecule has 0 unspecified atom stereocenters. The molecule has 1 N–H and O–H groups in total. The SMILES string of the molecule is Fc1ccc(F)c(CN2CCC3(CC2)Nc2cccnc2-n2c3cnc2C(F)(F)F)c1. The molecule has 1 fully saturated rings. The van der Waals surface area contributed by atoms with Crippen molar-refractivity contribution in [3.63, 3.8) is 0 Å². The van der Waals surface area contributed by atoms with Gasteiger partial charge in [-0.2, -0.15) is 13.2 Å². The van der Waals surface area contributed by atoms with Gasteiger partial charge in [-0.05, 0) is 43.2 Å². The summed E-state index contributed by atoms with van der Waals surface area (Å²) in [7, 11) is 0. The Kier molecular flexibility index (Phi) is 4.51. The molecule has 0 amide bonds. The number of likely N-dealkylation sites (tertiary alicyclic amines) is 1. The van der Waals surface area contributed by atoms with Crippen LogP contribution in [-0.4, -0.2) is 32.5 Å². The zero-order chi connectivity index (χ0) is 21.8. The van der Waals surface area contributed by atoms with Gasteiger partial charge in [0.05, 0.1) is 23.1 Å². The van der Waals surface area contributed by atoms with Crippen molar-refractivity contribution in [3.05, 3.63) is 71.4 Å². The second-order valence-electron chi connectivity index (χ2n) is 7.89. The lowest BCUT2D eigenvalue weighted by atomic mass is 9.82. The summed E-state index contributed by atoms with van der Waals surface area (Å²) >= 11 is 0. The average molecular weight is 435 g/mol. The van der Waals surface area contributed by atoms with E-state index in [1.165, 1.54) is 18.5 Å². The van der Waals surface area contributed by atoms with E-state index in [1.54, 1.807) is 12.1 Å². The van der Waals surface area contributed by atoms with Gasteiger partial charge in [-0.25, -0.2) is 18.7 Å². The summed E-state index contributed by atoms with van der Waals surface area (Å²) in [5, 5.41) is 3.39. The predicted molar refractivity (Wildman–Crippen MR) is 103 cm³/mol. The molecular weight excluding hydrogens is 417 g/mol. The number of benzene rings is 1. The second-order valence-corrected chi connectivity index (χ2v) is 7.89. The molecule has 0 saturated carbocycles. The average Bonchev–Trinajstić information content (AvgIpc) is 3.20.